The Labute approximate surface area is 210 Å². The van der Waals surface area contributed by atoms with E-state index in [-0.39, 0.29) is 18.1 Å². The fraction of sp³-hybridized carbons (Fsp3) is 0.538. The minimum atomic E-state index is 0.0634. The second kappa shape index (κ2) is 9.93. The van der Waals surface area contributed by atoms with E-state index in [0.29, 0.717) is 5.91 Å². The predicted octanol–water partition coefficient (Wildman–Crippen LogP) is 2.81. The van der Waals surface area contributed by atoms with E-state index in [4.69, 9.17) is 9.82 Å². The van der Waals surface area contributed by atoms with Gasteiger partial charge in [0.15, 0.2) is 11.5 Å². The lowest BCUT2D eigenvalue weighted by Gasteiger charge is -2.37. The summed E-state index contributed by atoms with van der Waals surface area (Å²) in [4.78, 5) is 32.8. The lowest BCUT2D eigenvalue weighted by Crippen LogP contribution is -2.45. The standard InChI is InChI=1S/C26H32N8O2/c1-18-15-23(31-36-18)25-30-22-3-2-9-27-24(22)34(25)21-7-13-33(14-8-21)26(35)20-5-11-32(12-6-20)17-19-4-10-28-29-16-19/h2-4,9-10,16,18,20-21H,5-8,11-15,17H2,1H3. The number of fused-ring (bicyclic) bond motifs is 1. The largest absolute Gasteiger partial charge is 0.392 e. The van der Waals surface area contributed by atoms with Crippen LogP contribution in [-0.4, -0.2) is 78.4 Å². The van der Waals surface area contributed by atoms with Gasteiger partial charge in [-0.3, -0.25) is 9.69 Å². The van der Waals surface area contributed by atoms with Crippen molar-refractivity contribution >= 4 is 22.8 Å². The van der Waals surface area contributed by atoms with Crippen molar-refractivity contribution in [3.63, 3.8) is 0 Å². The second-order valence-electron chi connectivity index (χ2n) is 10.2. The molecule has 0 aliphatic carbocycles. The maximum absolute atomic E-state index is 13.4. The Morgan fingerprint density at radius 3 is 2.61 bits per heavy atom. The highest BCUT2D eigenvalue weighted by Crippen LogP contribution is 2.31. The van der Waals surface area contributed by atoms with Crippen LogP contribution in [0.15, 0.2) is 41.9 Å². The number of carbonyl (C=O) groups is 1. The van der Waals surface area contributed by atoms with Crippen LogP contribution in [-0.2, 0) is 16.2 Å². The molecule has 1 atom stereocenters. The van der Waals surface area contributed by atoms with Crippen molar-refractivity contribution in [3.05, 3.63) is 48.2 Å². The maximum Gasteiger partial charge on any atom is 0.225 e. The predicted molar refractivity (Wildman–Crippen MR) is 134 cm³/mol. The number of rotatable bonds is 5. The zero-order valence-electron chi connectivity index (χ0n) is 20.7. The van der Waals surface area contributed by atoms with Gasteiger partial charge < -0.3 is 14.3 Å². The van der Waals surface area contributed by atoms with E-state index >= 15 is 0 Å². The van der Waals surface area contributed by atoms with Gasteiger partial charge in [0.1, 0.15) is 17.3 Å². The number of imidazole rings is 1. The second-order valence-corrected chi connectivity index (χ2v) is 10.2. The summed E-state index contributed by atoms with van der Waals surface area (Å²) in [6.07, 6.45) is 9.78. The van der Waals surface area contributed by atoms with Crippen molar-refractivity contribution < 1.29 is 9.63 Å². The van der Waals surface area contributed by atoms with Gasteiger partial charge in [0.25, 0.3) is 0 Å². The molecule has 3 aromatic heterocycles. The molecule has 1 unspecified atom stereocenters. The van der Waals surface area contributed by atoms with Crippen molar-refractivity contribution in [2.24, 2.45) is 11.1 Å². The van der Waals surface area contributed by atoms with E-state index in [1.807, 2.05) is 37.5 Å². The summed E-state index contributed by atoms with van der Waals surface area (Å²) in [5, 5.41) is 12.1. The molecule has 188 valence electrons. The Hall–Kier alpha value is -3.40. The van der Waals surface area contributed by atoms with Crippen LogP contribution in [0.25, 0.3) is 11.2 Å². The summed E-state index contributed by atoms with van der Waals surface area (Å²) in [6, 6.07) is 6.15. The number of oxime groups is 1. The third kappa shape index (κ3) is 4.57. The molecular weight excluding hydrogens is 456 g/mol. The van der Waals surface area contributed by atoms with Gasteiger partial charge in [-0.25, -0.2) is 9.97 Å². The molecule has 0 aromatic carbocycles. The first kappa shape index (κ1) is 23.0. The fourth-order valence-electron chi connectivity index (χ4n) is 5.72. The van der Waals surface area contributed by atoms with Gasteiger partial charge in [-0.1, -0.05) is 5.16 Å². The Morgan fingerprint density at radius 1 is 1.06 bits per heavy atom. The topological polar surface area (TPSA) is 102 Å². The van der Waals surface area contributed by atoms with Crippen molar-refractivity contribution in [2.75, 3.05) is 26.2 Å². The van der Waals surface area contributed by atoms with Crippen LogP contribution in [0.1, 0.15) is 56.5 Å². The normalized spacial score (nSPS) is 22.1. The third-order valence-corrected chi connectivity index (χ3v) is 7.66. The maximum atomic E-state index is 13.4. The molecule has 3 aliphatic rings. The third-order valence-electron chi connectivity index (χ3n) is 7.66. The van der Waals surface area contributed by atoms with Gasteiger partial charge >= 0.3 is 0 Å². The molecule has 10 nitrogen and oxygen atoms in total. The number of likely N-dealkylation sites (tertiary alicyclic amines) is 2. The highest BCUT2D eigenvalue weighted by molar-refractivity contribution is 6.00. The highest BCUT2D eigenvalue weighted by Gasteiger charge is 2.33. The number of carbonyl (C=O) groups excluding carboxylic acids is 1. The molecule has 10 heteroatoms. The van der Waals surface area contributed by atoms with Crippen LogP contribution in [0.5, 0.6) is 0 Å². The molecule has 36 heavy (non-hydrogen) atoms. The van der Waals surface area contributed by atoms with E-state index < -0.39 is 0 Å². The molecule has 6 rings (SSSR count). The SMILES string of the molecule is CC1CC(c2nc3cccnc3n2C2CCN(C(=O)C3CCN(Cc4ccnnc4)CC3)CC2)=NO1. The van der Waals surface area contributed by atoms with E-state index in [1.165, 1.54) is 5.56 Å². The Balaban J connectivity index is 1.09. The van der Waals surface area contributed by atoms with Gasteiger partial charge in [0, 0.05) is 50.4 Å². The Morgan fingerprint density at radius 2 is 1.89 bits per heavy atom. The lowest BCUT2D eigenvalue weighted by molar-refractivity contribution is -0.138. The van der Waals surface area contributed by atoms with Crippen molar-refractivity contribution in [1.29, 1.82) is 0 Å². The van der Waals surface area contributed by atoms with Gasteiger partial charge in [-0.2, -0.15) is 10.2 Å². The van der Waals surface area contributed by atoms with Crippen LogP contribution in [0.2, 0.25) is 0 Å². The summed E-state index contributed by atoms with van der Waals surface area (Å²) >= 11 is 0. The smallest absolute Gasteiger partial charge is 0.225 e. The molecule has 0 bridgehead atoms. The molecule has 0 spiro atoms. The molecule has 1 amide bonds. The first-order valence-electron chi connectivity index (χ1n) is 13.0. The minimum Gasteiger partial charge on any atom is -0.392 e. The van der Waals surface area contributed by atoms with E-state index in [0.717, 1.165) is 87.5 Å². The van der Waals surface area contributed by atoms with Gasteiger partial charge in [0.2, 0.25) is 5.91 Å². The van der Waals surface area contributed by atoms with Crippen LogP contribution >= 0.6 is 0 Å². The highest BCUT2D eigenvalue weighted by atomic mass is 16.6. The molecule has 3 aliphatic heterocycles. The summed E-state index contributed by atoms with van der Waals surface area (Å²) in [5.74, 6) is 1.29. The summed E-state index contributed by atoms with van der Waals surface area (Å²) in [7, 11) is 0. The molecule has 6 heterocycles. The van der Waals surface area contributed by atoms with Crippen LogP contribution in [0.3, 0.4) is 0 Å². The monoisotopic (exact) mass is 488 g/mol. The molecule has 0 N–H and O–H groups in total. The number of amides is 1. The van der Waals surface area contributed by atoms with Crippen molar-refractivity contribution in [1.82, 2.24) is 34.5 Å². The van der Waals surface area contributed by atoms with Crippen LogP contribution in [0.4, 0.5) is 0 Å². The molecule has 3 aromatic rings. The fourth-order valence-corrected chi connectivity index (χ4v) is 5.72. The number of hydrogen-bond acceptors (Lipinski definition) is 8. The van der Waals surface area contributed by atoms with E-state index in [1.54, 1.807) is 6.20 Å². The number of nitrogens with zero attached hydrogens (tertiary/aromatic N) is 8. The molecule has 0 radical (unpaired) electrons. The molecule has 0 saturated carbocycles. The van der Waals surface area contributed by atoms with Gasteiger partial charge in [-0.05, 0) is 69.5 Å². The molecule has 2 fully saturated rings. The van der Waals surface area contributed by atoms with Crippen LogP contribution in [0, 0.1) is 5.92 Å². The minimum absolute atomic E-state index is 0.0634. The summed E-state index contributed by atoms with van der Waals surface area (Å²) in [6.45, 7) is 6.29. The number of aromatic nitrogens is 5. The first-order chi connectivity index (χ1) is 17.7. The van der Waals surface area contributed by atoms with E-state index in [9.17, 15) is 4.79 Å². The lowest BCUT2D eigenvalue weighted by atomic mass is 9.93. The van der Waals surface area contributed by atoms with E-state index in [2.05, 4.69) is 34.7 Å². The zero-order valence-corrected chi connectivity index (χ0v) is 20.7. The first-order valence-corrected chi connectivity index (χ1v) is 13.0. The summed E-state index contributed by atoms with van der Waals surface area (Å²) in [5.41, 5.74) is 3.81. The Bertz CT molecular complexity index is 1240. The quantitative estimate of drug-likeness (QED) is 0.544. The van der Waals surface area contributed by atoms with Crippen molar-refractivity contribution in [3.8, 4) is 0 Å². The van der Waals surface area contributed by atoms with Crippen LogP contribution < -0.4 is 0 Å². The zero-order chi connectivity index (χ0) is 24.5. The average Bonchev–Trinajstić information content (AvgIpc) is 3.53. The molecular formula is C26H32N8O2. The number of piperidine rings is 2. The summed E-state index contributed by atoms with van der Waals surface area (Å²) < 4.78 is 2.24. The van der Waals surface area contributed by atoms with Gasteiger partial charge in [0.05, 0.1) is 6.20 Å². The Kier molecular flexibility index (Phi) is 6.35. The average molecular weight is 489 g/mol. The molecule has 2 saturated heterocycles. The number of hydrogen-bond donors (Lipinski definition) is 0. The van der Waals surface area contributed by atoms with Crippen molar-refractivity contribution in [2.45, 2.75) is 57.7 Å². The van der Waals surface area contributed by atoms with Gasteiger partial charge in [-0.15, -0.1) is 0 Å². The number of pyridine rings is 1.